The molecule has 0 aliphatic carbocycles. The van der Waals surface area contributed by atoms with Crippen molar-refractivity contribution in [3.63, 3.8) is 0 Å². The summed E-state index contributed by atoms with van der Waals surface area (Å²) in [5, 5.41) is 8.85. The summed E-state index contributed by atoms with van der Waals surface area (Å²) in [5.41, 5.74) is 4.91. The zero-order valence-corrected chi connectivity index (χ0v) is 6.84. The fourth-order valence-electron chi connectivity index (χ4n) is 0.698. The molecule has 0 aromatic carbocycles. The molecule has 1 aromatic heterocycles. The van der Waals surface area contributed by atoms with Gasteiger partial charge < -0.3 is 10.8 Å². The van der Waals surface area contributed by atoms with Gasteiger partial charge in [0.25, 0.3) is 0 Å². The minimum Gasteiger partial charge on any atom is -0.505 e. The van der Waals surface area contributed by atoms with Gasteiger partial charge in [-0.3, -0.25) is 4.79 Å². The lowest BCUT2D eigenvalue weighted by atomic mass is 10.3. The molecule has 3 N–H and O–H groups in total. The first-order valence-electron chi connectivity index (χ1n) is 3.64. The van der Waals surface area contributed by atoms with Crippen molar-refractivity contribution in [3.8, 4) is 5.75 Å². The summed E-state index contributed by atoms with van der Waals surface area (Å²) in [5.74, 6) is 0.0288. The molecule has 0 atom stereocenters. The van der Waals surface area contributed by atoms with E-state index in [0.29, 0.717) is 5.82 Å². The Bertz CT molecular complexity index is 319. The Kier molecular flexibility index (Phi) is 2.97. The summed E-state index contributed by atoms with van der Waals surface area (Å²) < 4.78 is 0. The van der Waals surface area contributed by atoms with E-state index in [1.54, 1.807) is 12.2 Å². The van der Waals surface area contributed by atoms with Crippen molar-refractivity contribution in [3.05, 3.63) is 24.3 Å². The molecule has 0 unspecified atom stereocenters. The van der Waals surface area contributed by atoms with Gasteiger partial charge in [0.15, 0.2) is 11.6 Å². The van der Waals surface area contributed by atoms with Gasteiger partial charge in [-0.1, -0.05) is 6.08 Å². The molecule has 0 radical (unpaired) electrons. The first-order valence-corrected chi connectivity index (χ1v) is 3.64. The van der Waals surface area contributed by atoms with Crippen LogP contribution >= 0.6 is 0 Å². The number of carbonyl (C=O) groups excluding carboxylic acids is 1. The first-order chi connectivity index (χ1) is 6.18. The van der Waals surface area contributed by atoms with Crippen LogP contribution in [0.15, 0.2) is 18.5 Å². The van der Waals surface area contributed by atoms with Crippen molar-refractivity contribution < 1.29 is 9.90 Å². The summed E-state index contributed by atoms with van der Waals surface area (Å²) >= 11 is 0. The quantitative estimate of drug-likeness (QED) is 0.687. The highest BCUT2D eigenvalue weighted by atomic mass is 16.3. The SMILES string of the molecule is NC(=O)CC=Cc1ncc(O)cn1. The molecule has 0 saturated heterocycles. The highest BCUT2D eigenvalue weighted by molar-refractivity contribution is 5.76. The van der Waals surface area contributed by atoms with Crippen LogP contribution in [0, 0.1) is 0 Å². The Balaban J connectivity index is 2.59. The van der Waals surface area contributed by atoms with Gasteiger partial charge in [-0.05, 0) is 6.08 Å². The maximum absolute atomic E-state index is 10.3. The van der Waals surface area contributed by atoms with E-state index in [4.69, 9.17) is 10.8 Å². The Labute approximate surface area is 74.9 Å². The highest BCUT2D eigenvalue weighted by Gasteiger charge is 1.91. The fourth-order valence-corrected chi connectivity index (χ4v) is 0.698. The van der Waals surface area contributed by atoms with E-state index in [1.165, 1.54) is 12.4 Å². The average molecular weight is 179 g/mol. The summed E-state index contributed by atoms with van der Waals surface area (Å²) in [4.78, 5) is 17.9. The van der Waals surface area contributed by atoms with Crippen molar-refractivity contribution in [2.75, 3.05) is 0 Å². The Morgan fingerprint density at radius 1 is 1.54 bits per heavy atom. The Morgan fingerprint density at radius 3 is 2.69 bits per heavy atom. The standard InChI is InChI=1S/C8H9N3O2/c9-7(13)2-1-3-8-10-4-6(12)5-11-8/h1,3-5,12H,2H2,(H2,9,13). The van der Waals surface area contributed by atoms with Crippen molar-refractivity contribution in [2.24, 2.45) is 5.73 Å². The van der Waals surface area contributed by atoms with Gasteiger partial charge in [0, 0.05) is 6.42 Å². The fraction of sp³-hybridized carbons (Fsp3) is 0.125. The molecule has 1 amide bonds. The van der Waals surface area contributed by atoms with Crippen molar-refractivity contribution in [2.45, 2.75) is 6.42 Å². The first kappa shape index (κ1) is 9.18. The summed E-state index contributed by atoms with van der Waals surface area (Å²) in [6, 6.07) is 0. The number of primary amides is 1. The van der Waals surface area contributed by atoms with Crippen LogP contribution in [0.1, 0.15) is 12.2 Å². The number of rotatable bonds is 3. The second-order valence-corrected chi connectivity index (χ2v) is 2.37. The average Bonchev–Trinajstić information content (AvgIpc) is 2.08. The maximum atomic E-state index is 10.3. The molecule has 0 spiro atoms. The van der Waals surface area contributed by atoms with Crippen LogP contribution in [0.3, 0.4) is 0 Å². The van der Waals surface area contributed by atoms with Crippen molar-refractivity contribution in [1.29, 1.82) is 0 Å². The summed E-state index contributed by atoms with van der Waals surface area (Å²) in [7, 11) is 0. The van der Waals surface area contributed by atoms with Gasteiger partial charge >= 0.3 is 0 Å². The number of hydrogen-bond donors (Lipinski definition) is 2. The smallest absolute Gasteiger partial charge is 0.221 e. The lowest BCUT2D eigenvalue weighted by Gasteiger charge is -1.91. The van der Waals surface area contributed by atoms with Gasteiger partial charge in [0.05, 0.1) is 12.4 Å². The van der Waals surface area contributed by atoms with E-state index in [9.17, 15) is 4.79 Å². The molecule has 5 heteroatoms. The van der Waals surface area contributed by atoms with Gasteiger partial charge in [0.1, 0.15) is 0 Å². The second kappa shape index (κ2) is 4.20. The Hall–Kier alpha value is -1.91. The topological polar surface area (TPSA) is 89.1 Å². The second-order valence-electron chi connectivity index (χ2n) is 2.37. The molecule has 68 valence electrons. The van der Waals surface area contributed by atoms with E-state index < -0.39 is 5.91 Å². The van der Waals surface area contributed by atoms with Crippen LogP contribution in [-0.4, -0.2) is 21.0 Å². The van der Waals surface area contributed by atoms with E-state index in [2.05, 4.69) is 9.97 Å². The van der Waals surface area contributed by atoms with Gasteiger partial charge in [-0.2, -0.15) is 0 Å². The number of amides is 1. The lowest BCUT2D eigenvalue weighted by Crippen LogP contribution is -2.07. The van der Waals surface area contributed by atoms with E-state index in [1.807, 2.05) is 0 Å². The molecular formula is C8H9N3O2. The molecule has 1 aromatic rings. The van der Waals surface area contributed by atoms with Crippen LogP contribution in [0.5, 0.6) is 5.75 Å². The van der Waals surface area contributed by atoms with Gasteiger partial charge in [0.2, 0.25) is 5.91 Å². The van der Waals surface area contributed by atoms with Crippen LogP contribution < -0.4 is 5.73 Å². The predicted octanol–water partition coefficient (Wildman–Crippen LogP) is 0.0708. The third-order valence-corrected chi connectivity index (χ3v) is 1.24. The molecule has 1 rings (SSSR count). The number of aromatic nitrogens is 2. The lowest BCUT2D eigenvalue weighted by molar-refractivity contribution is -0.117. The monoisotopic (exact) mass is 179 g/mol. The van der Waals surface area contributed by atoms with Crippen molar-refractivity contribution >= 4 is 12.0 Å². The zero-order chi connectivity index (χ0) is 9.68. The van der Waals surface area contributed by atoms with Gasteiger partial charge in [-0.25, -0.2) is 9.97 Å². The Morgan fingerprint density at radius 2 is 2.15 bits per heavy atom. The molecule has 0 bridgehead atoms. The highest BCUT2D eigenvalue weighted by Crippen LogP contribution is 2.03. The third kappa shape index (κ3) is 3.33. The van der Waals surface area contributed by atoms with E-state index in [-0.39, 0.29) is 12.2 Å². The van der Waals surface area contributed by atoms with E-state index in [0.717, 1.165) is 0 Å². The molecule has 0 fully saturated rings. The number of nitrogens with two attached hydrogens (primary N) is 1. The van der Waals surface area contributed by atoms with Crippen LogP contribution in [0.25, 0.3) is 6.08 Å². The largest absolute Gasteiger partial charge is 0.505 e. The predicted molar refractivity (Wildman–Crippen MR) is 46.5 cm³/mol. The number of carbonyl (C=O) groups is 1. The summed E-state index contributed by atoms with van der Waals surface area (Å²) in [6.07, 6.45) is 5.83. The van der Waals surface area contributed by atoms with Crippen LogP contribution in [0.4, 0.5) is 0 Å². The minimum atomic E-state index is -0.407. The summed E-state index contributed by atoms with van der Waals surface area (Å²) in [6.45, 7) is 0. The van der Waals surface area contributed by atoms with Crippen LogP contribution in [0.2, 0.25) is 0 Å². The molecule has 0 aliphatic rings. The van der Waals surface area contributed by atoms with Crippen molar-refractivity contribution in [1.82, 2.24) is 9.97 Å². The zero-order valence-electron chi connectivity index (χ0n) is 6.84. The third-order valence-electron chi connectivity index (χ3n) is 1.24. The molecule has 0 aliphatic heterocycles. The molecule has 0 saturated carbocycles. The normalized spacial score (nSPS) is 10.5. The molecule has 5 nitrogen and oxygen atoms in total. The molecule has 13 heavy (non-hydrogen) atoms. The number of hydrogen-bond acceptors (Lipinski definition) is 4. The minimum absolute atomic E-state index is 0.00653. The van der Waals surface area contributed by atoms with E-state index >= 15 is 0 Å². The maximum Gasteiger partial charge on any atom is 0.221 e. The molecule has 1 heterocycles. The number of aromatic hydroxyl groups is 1. The van der Waals surface area contributed by atoms with Gasteiger partial charge in [-0.15, -0.1) is 0 Å². The number of nitrogens with zero attached hydrogens (tertiary/aromatic N) is 2. The molecular weight excluding hydrogens is 170 g/mol. The van der Waals surface area contributed by atoms with Crippen LogP contribution in [-0.2, 0) is 4.79 Å².